The summed E-state index contributed by atoms with van der Waals surface area (Å²) in [5.41, 5.74) is 5.81. The van der Waals surface area contributed by atoms with E-state index in [-0.39, 0.29) is 11.3 Å². The Kier molecular flexibility index (Phi) is 6.65. The number of nitrogens with two attached hydrogens (primary N) is 1. The van der Waals surface area contributed by atoms with E-state index in [4.69, 9.17) is 5.73 Å². The van der Waals surface area contributed by atoms with Crippen molar-refractivity contribution in [2.24, 2.45) is 11.1 Å². The molecular weight excluding hydrogens is 270 g/mol. The summed E-state index contributed by atoms with van der Waals surface area (Å²) in [6.45, 7) is 9.84. The summed E-state index contributed by atoms with van der Waals surface area (Å²) >= 11 is 1.68. The Morgan fingerprint density at radius 1 is 1.45 bits per heavy atom. The van der Waals surface area contributed by atoms with Gasteiger partial charge >= 0.3 is 0 Å². The lowest BCUT2D eigenvalue weighted by Crippen LogP contribution is -2.44. The molecule has 0 radical (unpaired) electrons. The van der Waals surface area contributed by atoms with Crippen molar-refractivity contribution in [3.8, 4) is 0 Å². The smallest absolute Gasteiger partial charge is 0.236 e. The lowest BCUT2D eigenvalue weighted by Gasteiger charge is -2.31. The van der Waals surface area contributed by atoms with Gasteiger partial charge in [0.15, 0.2) is 0 Å². The van der Waals surface area contributed by atoms with Gasteiger partial charge in [-0.2, -0.15) is 0 Å². The highest BCUT2D eigenvalue weighted by Crippen LogP contribution is 2.15. The van der Waals surface area contributed by atoms with Crippen LogP contribution >= 0.6 is 11.3 Å². The van der Waals surface area contributed by atoms with Gasteiger partial charge in [-0.05, 0) is 30.0 Å². The molecule has 0 aromatic carbocycles. The molecule has 1 amide bonds. The molecule has 0 atom stereocenters. The van der Waals surface area contributed by atoms with Crippen LogP contribution in [0.1, 0.15) is 25.6 Å². The highest BCUT2D eigenvalue weighted by atomic mass is 32.1. The molecule has 0 spiro atoms. The molecule has 4 nitrogen and oxygen atoms in total. The van der Waals surface area contributed by atoms with Gasteiger partial charge in [0.2, 0.25) is 5.91 Å². The number of rotatable bonds is 8. The number of carbonyl (C=O) groups is 1. The second-order valence-electron chi connectivity index (χ2n) is 6.00. The summed E-state index contributed by atoms with van der Waals surface area (Å²) in [7, 11) is 1.87. The summed E-state index contributed by atoms with van der Waals surface area (Å²) in [5.74, 6) is 0.160. The molecule has 20 heavy (non-hydrogen) atoms. The molecule has 1 heterocycles. The van der Waals surface area contributed by atoms with Crippen LogP contribution in [0.5, 0.6) is 0 Å². The zero-order chi connectivity index (χ0) is 15.2. The largest absolute Gasteiger partial charge is 0.340 e. The first-order valence-corrected chi connectivity index (χ1v) is 7.94. The molecule has 5 heteroatoms. The molecule has 0 bridgehead atoms. The van der Waals surface area contributed by atoms with E-state index in [2.05, 4.69) is 31.7 Å². The fraction of sp³-hybridized carbons (Fsp3) is 0.667. The third kappa shape index (κ3) is 5.61. The van der Waals surface area contributed by atoms with Gasteiger partial charge in [0, 0.05) is 18.5 Å². The zero-order valence-corrected chi connectivity index (χ0v) is 13.9. The van der Waals surface area contributed by atoms with Crippen LogP contribution in [-0.4, -0.2) is 48.9 Å². The molecule has 114 valence electrons. The number of hydrogen-bond donors (Lipinski definition) is 1. The Morgan fingerprint density at radius 2 is 2.15 bits per heavy atom. The first kappa shape index (κ1) is 17.1. The Morgan fingerprint density at radius 3 is 2.65 bits per heavy atom. The SMILES string of the molecule is CCN(CC(=O)N(C)Cc1cccs1)CC(C)(C)CN. The molecule has 1 rings (SSSR count). The summed E-state index contributed by atoms with van der Waals surface area (Å²) in [6.07, 6.45) is 0. The highest BCUT2D eigenvalue weighted by molar-refractivity contribution is 7.09. The van der Waals surface area contributed by atoms with Crippen molar-refractivity contribution in [3.63, 3.8) is 0 Å². The molecule has 0 saturated carbocycles. The van der Waals surface area contributed by atoms with Gasteiger partial charge in [0.1, 0.15) is 0 Å². The average molecular weight is 297 g/mol. The molecule has 0 unspecified atom stereocenters. The third-order valence-corrected chi connectivity index (χ3v) is 4.27. The fourth-order valence-electron chi connectivity index (χ4n) is 1.99. The number of nitrogens with zero attached hydrogens (tertiary/aromatic N) is 2. The Labute approximate surface area is 126 Å². The molecular formula is C15H27N3OS. The maximum Gasteiger partial charge on any atom is 0.236 e. The van der Waals surface area contributed by atoms with Crippen molar-refractivity contribution in [1.29, 1.82) is 0 Å². The van der Waals surface area contributed by atoms with Crippen molar-refractivity contribution >= 4 is 17.2 Å². The van der Waals surface area contributed by atoms with Crippen LogP contribution in [0.25, 0.3) is 0 Å². The van der Waals surface area contributed by atoms with Gasteiger partial charge in [-0.15, -0.1) is 11.3 Å². The average Bonchev–Trinajstić information content (AvgIpc) is 2.90. The van der Waals surface area contributed by atoms with Crippen molar-refractivity contribution in [1.82, 2.24) is 9.80 Å². The van der Waals surface area contributed by atoms with Crippen LogP contribution in [0.15, 0.2) is 17.5 Å². The van der Waals surface area contributed by atoms with Crippen LogP contribution in [0.3, 0.4) is 0 Å². The van der Waals surface area contributed by atoms with Crippen LogP contribution < -0.4 is 5.73 Å². The van der Waals surface area contributed by atoms with Crippen LogP contribution in [0, 0.1) is 5.41 Å². The standard InChI is InChI=1S/C15H27N3OS/c1-5-18(12-15(2,3)11-16)10-14(19)17(4)9-13-7-6-8-20-13/h6-8H,5,9-12,16H2,1-4H3. The molecule has 2 N–H and O–H groups in total. The second kappa shape index (κ2) is 7.76. The maximum atomic E-state index is 12.3. The fourth-order valence-corrected chi connectivity index (χ4v) is 2.74. The normalized spacial score (nSPS) is 11.9. The first-order chi connectivity index (χ1) is 9.38. The Hall–Kier alpha value is -0.910. The van der Waals surface area contributed by atoms with Crippen molar-refractivity contribution < 1.29 is 4.79 Å². The van der Waals surface area contributed by atoms with E-state index < -0.39 is 0 Å². The van der Waals surface area contributed by atoms with Gasteiger partial charge in [-0.1, -0.05) is 26.8 Å². The Bertz CT molecular complexity index is 403. The summed E-state index contributed by atoms with van der Waals surface area (Å²) < 4.78 is 0. The minimum Gasteiger partial charge on any atom is -0.340 e. The number of likely N-dealkylation sites (N-methyl/N-ethyl adjacent to an activating group) is 2. The minimum atomic E-state index is 0.0443. The molecule has 1 aromatic rings. The van der Waals surface area contributed by atoms with E-state index in [1.54, 1.807) is 16.2 Å². The van der Waals surface area contributed by atoms with E-state index in [0.29, 0.717) is 19.6 Å². The van der Waals surface area contributed by atoms with E-state index in [9.17, 15) is 4.79 Å². The van der Waals surface area contributed by atoms with Gasteiger partial charge in [-0.25, -0.2) is 0 Å². The van der Waals surface area contributed by atoms with Gasteiger partial charge in [-0.3, -0.25) is 9.69 Å². The third-order valence-electron chi connectivity index (χ3n) is 3.41. The monoisotopic (exact) mass is 297 g/mol. The summed E-state index contributed by atoms with van der Waals surface area (Å²) in [6, 6.07) is 4.07. The van der Waals surface area contributed by atoms with Crippen molar-refractivity contribution in [3.05, 3.63) is 22.4 Å². The molecule has 0 saturated heterocycles. The van der Waals surface area contributed by atoms with Gasteiger partial charge < -0.3 is 10.6 Å². The van der Waals surface area contributed by atoms with Crippen molar-refractivity contribution in [2.75, 3.05) is 33.2 Å². The molecule has 0 fully saturated rings. The molecule has 0 aliphatic carbocycles. The van der Waals surface area contributed by atoms with Crippen LogP contribution in [0.4, 0.5) is 0 Å². The lowest BCUT2D eigenvalue weighted by molar-refractivity contribution is -0.131. The second-order valence-corrected chi connectivity index (χ2v) is 7.03. The van der Waals surface area contributed by atoms with Crippen LogP contribution in [-0.2, 0) is 11.3 Å². The van der Waals surface area contributed by atoms with E-state index >= 15 is 0 Å². The molecule has 1 aromatic heterocycles. The number of carbonyl (C=O) groups excluding carboxylic acids is 1. The topological polar surface area (TPSA) is 49.6 Å². The molecule has 0 aliphatic rings. The molecule has 0 aliphatic heterocycles. The van der Waals surface area contributed by atoms with Crippen LogP contribution in [0.2, 0.25) is 0 Å². The van der Waals surface area contributed by atoms with Crippen molar-refractivity contribution in [2.45, 2.75) is 27.3 Å². The summed E-state index contributed by atoms with van der Waals surface area (Å²) in [4.78, 5) is 17.4. The Balaban J connectivity index is 2.50. The van der Waals surface area contributed by atoms with E-state index in [1.807, 2.05) is 18.5 Å². The van der Waals surface area contributed by atoms with E-state index in [0.717, 1.165) is 13.1 Å². The zero-order valence-electron chi connectivity index (χ0n) is 13.1. The van der Waals surface area contributed by atoms with Gasteiger partial charge in [0.25, 0.3) is 0 Å². The number of thiophene rings is 1. The van der Waals surface area contributed by atoms with Gasteiger partial charge in [0.05, 0.1) is 13.1 Å². The predicted octanol–water partition coefficient (Wildman–Crippen LogP) is 2.01. The highest BCUT2D eigenvalue weighted by Gasteiger charge is 2.22. The minimum absolute atomic E-state index is 0.0443. The predicted molar refractivity (Wildman–Crippen MR) is 85.7 cm³/mol. The summed E-state index contributed by atoms with van der Waals surface area (Å²) in [5, 5.41) is 2.04. The van der Waals surface area contributed by atoms with E-state index in [1.165, 1.54) is 4.88 Å². The lowest BCUT2D eigenvalue weighted by atomic mass is 9.93. The maximum absolute atomic E-state index is 12.3. The quantitative estimate of drug-likeness (QED) is 0.798. The first-order valence-electron chi connectivity index (χ1n) is 7.06. The number of hydrogen-bond acceptors (Lipinski definition) is 4. The number of amides is 1.